The van der Waals surface area contributed by atoms with Crippen molar-refractivity contribution in [2.24, 2.45) is 0 Å². The monoisotopic (exact) mass is 302 g/mol. The molecule has 0 bridgehead atoms. The summed E-state index contributed by atoms with van der Waals surface area (Å²) in [6.07, 6.45) is 3.51. The van der Waals surface area contributed by atoms with Gasteiger partial charge in [0.25, 0.3) is 0 Å². The first-order chi connectivity index (χ1) is 11.3. The molecule has 0 amide bonds. The van der Waals surface area contributed by atoms with Crippen LogP contribution in [0.1, 0.15) is 11.1 Å². The fraction of sp³-hybridized carbons (Fsp3) is 0.158. The minimum absolute atomic E-state index is 0.717. The SMILES string of the molecule is Cc1cccc(C)c1N1CN(c2ccccc2)c2nccnc21. The lowest BCUT2D eigenvalue weighted by Crippen LogP contribution is -2.25. The molecule has 1 aromatic heterocycles. The average Bonchev–Trinajstić information content (AvgIpc) is 2.95. The number of nitrogens with zero attached hydrogens (tertiary/aromatic N) is 4. The summed E-state index contributed by atoms with van der Waals surface area (Å²) in [5.41, 5.74) is 4.84. The third kappa shape index (κ3) is 2.23. The van der Waals surface area contributed by atoms with Crippen molar-refractivity contribution in [2.45, 2.75) is 13.8 Å². The molecule has 2 heterocycles. The van der Waals surface area contributed by atoms with Gasteiger partial charge in [0.15, 0.2) is 11.6 Å². The first-order valence-electron chi connectivity index (χ1n) is 7.73. The Morgan fingerprint density at radius 3 is 2.00 bits per heavy atom. The molecule has 1 aliphatic rings. The molecule has 4 heteroatoms. The number of hydrogen-bond donors (Lipinski definition) is 0. The predicted molar refractivity (Wildman–Crippen MR) is 93.5 cm³/mol. The van der Waals surface area contributed by atoms with Crippen molar-refractivity contribution in [1.82, 2.24) is 9.97 Å². The fourth-order valence-corrected chi connectivity index (χ4v) is 3.20. The van der Waals surface area contributed by atoms with Gasteiger partial charge in [-0.25, -0.2) is 9.97 Å². The minimum atomic E-state index is 0.717. The highest BCUT2D eigenvalue weighted by Crippen LogP contribution is 2.42. The second-order valence-electron chi connectivity index (χ2n) is 5.78. The summed E-state index contributed by atoms with van der Waals surface area (Å²) in [7, 11) is 0. The normalized spacial score (nSPS) is 13.3. The van der Waals surface area contributed by atoms with E-state index in [1.807, 2.05) is 18.2 Å². The van der Waals surface area contributed by atoms with Gasteiger partial charge in [0.2, 0.25) is 0 Å². The van der Waals surface area contributed by atoms with Gasteiger partial charge in [-0.05, 0) is 37.1 Å². The maximum Gasteiger partial charge on any atom is 0.178 e. The molecule has 114 valence electrons. The van der Waals surface area contributed by atoms with Gasteiger partial charge in [0, 0.05) is 18.1 Å². The number of para-hydroxylation sites is 2. The van der Waals surface area contributed by atoms with Crippen LogP contribution in [-0.2, 0) is 0 Å². The van der Waals surface area contributed by atoms with Crippen molar-refractivity contribution >= 4 is 23.0 Å². The van der Waals surface area contributed by atoms with E-state index in [0.29, 0.717) is 0 Å². The van der Waals surface area contributed by atoms with E-state index in [9.17, 15) is 0 Å². The van der Waals surface area contributed by atoms with Crippen molar-refractivity contribution in [1.29, 1.82) is 0 Å². The van der Waals surface area contributed by atoms with Gasteiger partial charge in [-0.15, -0.1) is 0 Å². The smallest absolute Gasteiger partial charge is 0.178 e. The molecule has 0 aliphatic carbocycles. The molecule has 0 spiro atoms. The van der Waals surface area contributed by atoms with Crippen LogP contribution < -0.4 is 9.80 Å². The quantitative estimate of drug-likeness (QED) is 0.705. The Morgan fingerprint density at radius 1 is 0.739 bits per heavy atom. The van der Waals surface area contributed by atoms with Gasteiger partial charge in [0.1, 0.15) is 6.67 Å². The van der Waals surface area contributed by atoms with Crippen molar-refractivity contribution in [3.63, 3.8) is 0 Å². The Kier molecular flexibility index (Phi) is 3.23. The van der Waals surface area contributed by atoms with Crippen LogP contribution >= 0.6 is 0 Å². The lowest BCUT2D eigenvalue weighted by molar-refractivity contribution is 0.966. The second-order valence-corrected chi connectivity index (χ2v) is 5.78. The van der Waals surface area contributed by atoms with Gasteiger partial charge in [-0.2, -0.15) is 0 Å². The molecule has 0 saturated carbocycles. The minimum Gasteiger partial charge on any atom is -0.305 e. The van der Waals surface area contributed by atoms with Crippen LogP contribution in [0.4, 0.5) is 23.0 Å². The van der Waals surface area contributed by atoms with E-state index in [4.69, 9.17) is 0 Å². The molecule has 0 atom stereocenters. The zero-order chi connectivity index (χ0) is 15.8. The highest BCUT2D eigenvalue weighted by Gasteiger charge is 2.31. The lowest BCUT2D eigenvalue weighted by Gasteiger charge is -2.24. The highest BCUT2D eigenvalue weighted by molar-refractivity contribution is 5.83. The van der Waals surface area contributed by atoms with E-state index in [2.05, 4.69) is 63.9 Å². The van der Waals surface area contributed by atoms with Crippen LogP contribution in [0.15, 0.2) is 60.9 Å². The van der Waals surface area contributed by atoms with Crippen LogP contribution in [0.3, 0.4) is 0 Å². The third-order valence-corrected chi connectivity index (χ3v) is 4.23. The number of fused-ring (bicyclic) bond motifs is 1. The van der Waals surface area contributed by atoms with Gasteiger partial charge in [-0.3, -0.25) is 0 Å². The molecule has 0 saturated heterocycles. The predicted octanol–water partition coefficient (Wildman–Crippen LogP) is 4.34. The average molecular weight is 302 g/mol. The Bertz CT molecular complexity index is 825. The molecule has 0 fully saturated rings. The zero-order valence-corrected chi connectivity index (χ0v) is 13.3. The number of rotatable bonds is 2. The summed E-state index contributed by atoms with van der Waals surface area (Å²) in [5, 5.41) is 0. The van der Waals surface area contributed by atoms with E-state index in [0.717, 1.165) is 24.0 Å². The van der Waals surface area contributed by atoms with Crippen LogP contribution in [0, 0.1) is 13.8 Å². The molecule has 0 radical (unpaired) electrons. The standard InChI is InChI=1S/C19H18N4/c1-14-7-6-8-15(2)17(14)23-13-22(16-9-4-3-5-10-16)18-19(23)21-12-11-20-18/h3-12H,13H2,1-2H3. The molecule has 0 unspecified atom stereocenters. The summed E-state index contributed by atoms with van der Waals surface area (Å²) in [6.45, 7) is 5.00. The van der Waals surface area contributed by atoms with E-state index >= 15 is 0 Å². The summed E-state index contributed by atoms with van der Waals surface area (Å²) in [4.78, 5) is 13.6. The molecule has 1 aliphatic heterocycles. The van der Waals surface area contributed by atoms with E-state index in [-0.39, 0.29) is 0 Å². The Morgan fingerprint density at radius 2 is 1.35 bits per heavy atom. The number of hydrogen-bond acceptors (Lipinski definition) is 4. The molecule has 2 aromatic carbocycles. The van der Waals surface area contributed by atoms with Crippen molar-refractivity contribution in [3.8, 4) is 0 Å². The van der Waals surface area contributed by atoms with Crippen molar-refractivity contribution < 1.29 is 0 Å². The van der Waals surface area contributed by atoms with Gasteiger partial charge >= 0.3 is 0 Å². The maximum absolute atomic E-state index is 4.60. The van der Waals surface area contributed by atoms with Crippen molar-refractivity contribution in [3.05, 3.63) is 72.1 Å². The van der Waals surface area contributed by atoms with Gasteiger partial charge < -0.3 is 9.80 Å². The topological polar surface area (TPSA) is 32.3 Å². The Labute approximate surface area is 136 Å². The van der Waals surface area contributed by atoms with E-state index < -0.39 is 0 Å². The first-order valence-corrected chi connectivity index (χ1v) is 7.73. The van der Waals surface area contributed by atoms with E-state index in [1.165, 1.54) is 16.8 Å². The lowest BCUT2D eigenvalue weighted by atomic mass is 10.1. The molecular formula is C19H18N4. The Hall–Kier alpha value is -2.88. The molecular weight excluding hydrogens is 284 g/mol. The van der Waals surface area contributed by atoms with Gasteiger partial charge in [0.05, 0.1) is 5.69 Å². The molecule has 4 nitrogen and oxygen atoms in total. The van der Waals surface area contributed by atoms with Crippen LogP contribution in [0.2, 0.25) is 0 Å². The van der Waals surface area contributed by atoms with Crippen LogP contribution in [-0.4, -0.2) is 16.6 Å². The zero-order valence-electron chi connectivity index (χ0n) is 13.3. The number of aryl methyl sites for hydroxylation is 2. The summed E-state index contributed by atoms with van der Waals surface area (Å²) < 4.78 is 0. The molecule has 23 heavy (non-hydrogen) atoms. The van der Waals surface area contributed by atoms with E-state index in [1.54, 1.807) is 12.4 Å². The summed E-state index contributed by atoms with van der Waals surface area (Å²) >= 11 is 0. The van der Waals surface area contributed by atoms with Crippen molar-refractivity contribution in [2.75, 3.05) is 16.5 Å². The molecule has 3 aromatic rings. The first kappa shape index (κ1) is 13.8. The number of benzene rings is 2. The third-order valence-electron chi connectivity index (χ3n) is 4.23. The summed E-state index contributed by atoms with van der Waals surface area (Å²) in [5.74, 6) is 1.81. The Balaban J connectivity index is 1.85. The summed E-state index contributed by atoms with van der Waals surface area (Å²) in [6, 6.07) is 16.7. The number of anilines is 4. The second kappa shape index (κ2) is 5.39. The van der Waals surface area contributed by atoms with Gasteiger partial charge in [-0.1, -0.05) is 36.4 Å². The highest BCUT2D eigenvalue weighted by atomic mass is 15.4. The number of aromatic nitrogens is 2. The molecule has 4 rings (SSSR count). The molecule has 0 N–H and O–H groups in total. The fourth-order valence-electron chi connectivity index (χ4n) is 3.20. The van der Waals surface area contributed by atoms with Crippen LogP contribution in [0.5, 0.6) is 0 Å². The largest absolute Gasteiger partial charge is 0.305 e. The maximum atomic E-state index is 4.60. The van der Waals surface area contributed by atoms with Crippen LogP contribution in [0.25, 0.3) is 0 Å².